The van der Waals surface area contributed by atoms with Gasteiger partial charge in [0.15, 0.2) is 0 Å². The number of hydrogen-bond donors (Lipinski definition) is 1. The molecule has 0 aliphatic carbocycles. The van der Waals surface area contributed by atoms with Gasteiger partial charge < -0.3 is 5.32 Å². The summed E-state index contributed by atoms with van der Waals surface area (Å²) >= 11 is 0. The lowest BCUT2D eigenvalue weighted by molar-refractivity contribution is -0.0436. The molecular formula is C19H18F3N5O3S. The lowest BCUT2D eigenvalue weighted by Gasteiger charge is -2.13. The third-order valence-corrected chi connectivity index (χ3v) is 5.69. The molecule has 0 bridgehead atoms. The number of aromatic nitrogens is 4. The van der Waals surface area contributed by atoms with Crippen LogP contribution in [0.15, 0.2) is 53.7 Å². The molecule has 12 heteroatoms. The zero-order valence-corrected chi connectivity index (χ0v) is 17.5. The average Bonchev–Trinajstić information content (AvgIpc) is 3.12. The van der Waals surface area contributed by atoms with Gasteiger partial charge in [-0.2, -0.15) is 23.0 Å². The van der Waals surface area contributed by atoms with Crippen molar-refractivity contribution in [2.24, 2.45) is 0 Å². The number of halogens is 3. The second kappa shape index (κ2) is 7.76. The third-order valence-electron chi connectivity index (χ3n) is 4.19. The first-order valence-corrected chi connectivity index (χ1v) is 10.4. The molecule has 0 aliphatic rings. The Labute approximate surface area is 176 Å². The summed E-state index contributed by atoms with van der Waals surface area (Å²) in [6.07, 6.45) is 3.01. The Kier molecular flexibility index (Phi) is 5.61. The summed E-state index contributed by atoms with van der Waals surface area (Å²) in [6, 6.07) is 6.71. The highest BCUT2D eigenvalue weighted by molar-refractivity contribution is 7.92. The Morgan fingerprint density at radius 3 is 2.13 bits per heavy atom. The van der Waals surface area contributed by atoms with Gasteiger partial charge in [-0.3, -0.25) is 4.79 Å². The number of alkyl halides is 3. The van der Waals surface area contributed by atoms with E-state index in [1.807, 2.05) is 20.8 Å². The Hall–Kier alpha value is -3.28. The van der Waals surface area contributed by atoms with Crippen LogP contribution in [0.2, 0.25) is 0 Å². The molecule has 164 valence electrons. The Bertz CT molecular complexity index is 1200. The first-order chi connectivity index (χ1) is 14.3. The minimum Gasteiger partial charge on any atom is -0.306 e. The monoisotopic (exact) mass is 453 g/mol. The van der Waals surface area contributed by atoms with Gasteiger partial charge in [0.2, 0.25) is 0 Å². The van der Waals surface area contributed by atoms with Crippen molar-refractivity contribution in [3.8, 4) is 5.95 Å². The zero-order valence-electron chi connectivity index (χ0n) is 16.7. The van der Waals surface area contributed by atoms with Gasteiger partial charge in [0.1, 0.15) is 5.82 Å². The maximum absolute atomic E-state index is 12.7. The number of nitrogens with zero attached hydrogens (tertiary/aromatic N) is 4. The van der Waals surface area contributed by atoms with Gasteiger partial charge in [0, 0.05) is 29.4 Å². The average molecular weight is 453 g/mol. The third kappa shape index (κ3) is 4.58. The number of hydrogen-bond acceptors (Lipinski definition) is 6. The largest absolute Gasteiger partial charge is 0.501 e. The highest BCUT2D eigenvalue weighted by atomic mass is 32.2. The summed E-state index contributed by atoms with van der Waals surface area (Å²) < 4.78 is 62.3. The summed E-state index contributed by atoms with van der Waals surface area (Å²) in [5.41, 5.74) is -5.18. The van der Waals surface area contributed by atoms with Gasteiger partial charge in [-0.05, 0) is 30.3 Å². The van der Waals surface area contributed by atoms with Crippen LogP contribution < -0.4 is 5.32 Å². The second-order valence-corrected chi connectivity index (χ2v) is 9.49. The molecule has 0 fully saturated rings. The van der Waals surface area contributed by atoms with E-state index in [4.69, 9.17) is 0 Å². The predicted octanol–water partition coefficient (Wildman–Crippen LogP) is 3.51. The molecule has 31 heavy (non-hydrogen) atoms. The topological polar surface area (TPSA) is 107 Å². The lowest BCUT2D eigenvalue weighted by Crippen LogP contribution is -2.23. The highest BCUT2D eigenvalue weighted by Crippen LogP contribution is 2.30. The Morgan fingerprint density at radius 2 is 1.61 bits per heavy atom. The number of nitrogens with one attached hydrogen (secondary N) is 1. The van der Waals surface area contributed by atoms with Gasteiger partial charge >= 0.3 is 5.51 Å². The van der Waals surface area contributed by atoms with Crippen molar-refractivity contribution in [1.29, 1.82) is 0 Å². The molecule has 0 unspecified atom stereocenters. The van der Waals surface area contributed by atoms with Crippen LogP contribution in [0.25, 0.3) is 5.95 Å². The molecule has 1 N–H and O–H groups in total. The van der Waals surface area contributed by atoms with Crippen LogP contribution in [0.5, 0.6) is 0 Å². The molecule has 1 aromatic carbocycles. The molecule has 3 rings (SSSR count). The first kappa shape index (κ1) is 22.4. The summed E-state index contributed by atoms with van der Waals surface area (Å²) in [4.78, 5) is 19.9. The number of carbonyl (C=O) groups is 1. The fourth-order valence-corrected chi connectivity index (χ4v) is 3.26. The zero-order chi connectivity index (χ0) is 23.0. The molecule has 0 saturated heterocycles. The minimum atomic E-state index is -5.50. The van der Waals surface area contributed by atoms with E-state index in [1.54, 1.807) is 12.1 Å². The van der Waals surface area contributed by atoms with Crippen LogP contribution in [0.4, 0.5) is 19.0 Å². The summed E-state index contributed by atoms with van der Waals surface area (Å²) in [6.45, 7) is 5.78. The van der Waals surface area contributed by atoms with Crippen molar-refractivity contribution in [2.45, 2.75) is 36.6 Å². The van der Waals surface area contributed by atoms with E-state index in [0.29, 0.717) is 5.69 Å². The van der Waals surface area contributed by atoms with Crippen molar-refractivity contribution in [2.75, 3.05) is 5.32 Å². The number of carbonyl (C=O) groups excluding carboxylic acids is 1. The lowest BCUT2D eigenvalue weighted by atomic mass is 9.92. The molecule has 0 aliphatic heterocycles. The molecule has 8 nitrogen and oxygen atoms in total. The van der Waals surface area contributed by atoms with E-state index in [0.717, 1.165) is 24.3 Å². The minimum absolute atomic E-state index is 0.0415. The van der Waals surface area contributed by atoms with E-state index in [-0.39, 0.29) is 22.7 Å². The summed E-state index contributed by atoms with van der Waals surface area (Å²) in [7, 11) is -5.50. The first-order valence-electron chi connectivity index (χ1n) is 8.91. The maximum Gasteiger partial charge on any atom is 0.501 e. The van der Waals surface area contributed by atoms with Crippen molar-refractivity contribution >= 4 is 21.6 Å². The van der Waals surface area contributed by atoms with Crippen LogP contribution in [0.1, 0.15) is 36.8 Å². The van der Waals surface area contributed by atoms with Crippen LogP contribution in [-0.2, 0) is 15.3 Å². The molecule has 0 saturated carbocycles. The standard InChI is InChI=1S/C19H18F3N5O3S/c1-18(2,3)14-11-15(27(26-14)17-23-9-4-10-24-17)25-16(28)12-5-7-13(8-6-12)31(29,30)19(20,21)22/h4-11H,1-3H3,(H,25,28). The van der Waals surface area contributed by atoms with Crippen LogP contribution in [0.3, 0.4) is 0 Å². The van der Waals surface area contributed by atoms with Crippen molar-refractivity contribution in [3.05, 3.63) is 60.0 Å². The second-order valence-electron chi connectivity index (χ2n) is 7.55. The van der Waals surface area contributed by atoms with Crippen LogP contribution >= 0.6 is 0 Å². The van der Waals surface area contributed by atoms with Gasteiger partial charge in [-0.1, -0.05) is 20.8 Å². The molecule has 2 aromatic heterocycles. The van der Waals surface area contributed by atoms with E-state index in [9.17, 15) is 26.4 Å². The molecule has 0 spiro atoms. The Morgan fingerprint density at radius 1 is 1.03 bits per heavy atom. The maximum atomic E-state index is 12.7. The fourth-order valence-electron chi connectivity index (χ4n) is 2.50. The molecule has 1 amide bonds. The quantitative estimate of drug-likeness (QED) is 0.648. The van der Waals surface area contributed by atoms with Gasteiger partial charge in [-0.15, -0.1) is 0 Å². The SMILES string of the molecule is CC(C)(C)c1cc(NC(=O)c2ccc(S(=O)(=O)C(F)(F)F)cc2)n(-c2ncccn2)n1. The predicted molar refractivity (Wildman–Crippen MR) is 105 cm³/mol. The van der Waals surface area contributed by atoms with Gasteiger partial charge in [0.25, 0.3) is 21.7 Å². The molecule has 3 aromatic rings. The van der Waals surface area contributed by atoms with E-state index in [2.05, 4.69) is 20.4 Å². The fraction of sp³-hybridized carbons (Fsp3) is 0.263. The van der Waals surface area contributed by atoms with Crippen LogP contribution in [-0.4, -0.2) is 39.6 Å². The van der Waals surface area contributed by atoms with Crippen molar-refractivity contribution < 1.29 is 26.4 Å². The van der Waals surface area contributed by atoms with Crippen molar-refractivity contribution in [3.63, 3.8) is 0 Å². The number of anilines is 1. The van der Waals surface area contributed by atoms with E-state index >= 15 is 0 Å². The smallest absolute Gasteiger partial charge is 0.306 e. The number of amides is 1. The van der Waals surface area contributed by atoms with Gasteiger partial charge in [-0.25, -0.2) is 18.4 Å². The normalized spacial score (nSPS) is 12.6. The summed E-state index contributed by atoms with van der Waals surface area (Å²) in [5.74, 6) is -0.221. The van der Waals surface area contributed by atoms with Crippen LogP contribution in [0, 0.1) is 0 Å². The molecule has 0 atom stereocenters. The van der Waals surface area contributed by atoms with E-state index in [1.165, 1.54) is 17.1 Å². The number of sulfone groups is 1. The van der Waals surface area contributed by atoms with Crippen molar-refractivity contribution in [1.82, 2.24) is 19.7 Å². The molecular weight excluding hydrogens is 435 g/mol. The number of rotatable bonds is 4. The number of benzene rings is 1. The molecule has 0 radical (unpaired) electrons. The molecule has 2 heterocycles. The van der Waals surface area contributed by atoms with E-state index < -0.39 is 26.1 Å². The highest BCUT2D eigenvalue weighted by Gasteiger charge is 2.46. The Balaban J connectivity index is 1.93. The van der Waals surface area contributed by atoms with Gasteiger partial charge in [0.05, 0.1) is 10.6 Å². The summed E-state index contributed by atoms with van der Waals surface area (Å²) in [5, 5.41) is 7.06.